The number of nitrogens with zero attached hydrogens (tertiary/aromatic N) is 1. The quantitative estimate of drug-likeness (QED) is 0.604. The molecule has 0 spiro atoms. The van der Waals surface area contributed by atoms with E-state index in [0.717, 1.165) is 19.3 Å². The SMILES string of the molecule is CCCCCOCC(=O)N(CC)CC(=O)O. The molecule has 0 unspecified atom stereocenters. The second-order valence-electron chi connectivity index (χ2n) is 3.56. The minimum atomic E-state index is -0.999. The van der Waals surface area contributed by atoms with Gasteiger partial charge in [0, 0.05) is 13.2 Å². The standard InChI is InChI=1S/C11H21NO4/c1-3-5-6-7-16-9-10(13)12(4-2)8-11(14)15/h3-9H2,1-2H3,(H,14,15). The molecule has 1 N–H and O–H groups in total. The van der Waals surface area contributed by atoms with E-state index < -0.39 is 5.97 Å². The summed E-state index contributed by atoms with van der Waals surface area (Å²) >= 11 is 0. The van der Waals surface area contributed by atoms with Crippen LogP contribution in [0.3, 0.4) is 0 Å². The Morgan fingerprint density at radius 2 is 1.94 bits per heavy atom. The van der Waals surface area contributed by atoms with Crippen LogP contribution in [0, 0.1) is 0 Å². The molecule has 94 valence electrons. The number of rotatable bonds is 9. The van der Waals surface area contributed by atoms with Crippen molar-refractivity contribution >= 4 is 11.9 Å². The Bertz CT molecular complexity index is 218. The Balaban J connectivity index is 3.71. The van der Waals surface area contributed by atoms with Gasteiger partial charge in [0.25, 0.3) is 0 Å². The number of unbranched alkanes of at least 4 members (excludes halogenated alkanes) is 2. The summed E-state index contributed by atoms with van der Waals surface area (Å²) in [6, 6.07) is 0. The number of ether oxygens (including phenoxy) is 1. The van der Waals surface area contributed by atoms with Crippen LogP contribution in [0.5, 0.6) is 0 Å². The van der Waals surface area contributed by atoms with Crippen molar-refractivity contribution in [2.24, 2.45) is 0 Å². The summed E-state index contributed by atoms with van der Waals surface area (Å²) in [6.07, 6.45) is 3.13. The highest BCUT2D eigenvalue weighted by atomic mass is 16.5. The lowest BCUT2D eigenvalue weighted by Crippen LogP contribution is -2.37. The van der Waals surface area contributed by atoms with Crippen molar-refractivity contribution in [3.8, 4) is 0 Å². The minimum absolute atomic E-state index is 0.0230. The summed E-state index contributed by atoms with van der Waals surface area (Å²) in [7, 11) is 0. The zero-order valence-electron chi connectivity index (χ0n) is 10.1. The molecule has 1 amide bonds. The predicted octanol–water partition coefficient (Wildman–Crippen LogP) is 1.13. The molecule has 5 nitrogen and oxygen atoms in total. The smallest absolute Gasteiger partial charge is 0.323 e. The summed E-state index contributed by atoms with van der Waals surface area (Å²) in [5, 5.41) is 8.57. The third kappa shape index (κ3) is 7.23. The van der Waals surface area contributed by atoms with Crippen molar-refractivity contribution in [2.75, 3.05) is 26.3 Å². The zero-order chi connectivity index (χ0) is 12.4. The molecule has 0 aliphatic rings. The molecule has 0 bridgehead atoms. The van der Waals surface area contributed by atoms with Gasteiger partial charge >= 0.3 is 5.97 Å². The van der Waals surface area contributed by atoms with Gasteiger partial charge in [0.15, 0.2) is 0 Å². The third-order valence-electron chi connectivity index (χ3n) is 2.18. The fourth-order valence-electron chi connectivity index (χ4n) is 1.24. The fraction of sp³-hybridized carbons (Fsp3) is 0.818. The van der Waals surface area contributed by atoms with Gasteiger partial charge in [0.1, 0.15) is 13.2 Å². The van der Waals surface area contributed by atoms with E-state index >= 15 is 0 Å². The van der Waals surface area contributed by atoms with Gasteiger partial charge in [0.2, 0.25) is 5.91 Å². The molecule has 0 aliphatic carbocycles. The van der Waals surface area contributed by atoms with Gasteiger partial charge in [-0.25, -0.2) is 0 Å². The maximum atomic E-state index is 11.5. The second kappa shape index (κ2) is 9.15. The highest BCUT2D eigenvalue weighted by molar-refractivity contribution is 5.82. The maximum absolute atomic E-state index is 11.5. The number of carboxylic acids is 1. The van der Waals surface area contributed by atoms with E-state index in [1.807, 2.05) is 0 Å². The Labute approximate surface area is 96.4 Å². The number of carbonyl (C=O) groups is 2. The number of carbonyl (C=O) groups excluding carboxylic acids is 1. The van der Waals surface area contributed by atoms with Crippen LogP contribution in [0.1, 0.15) is 33.1 Å². The number of aliphatic carboxylic acids is 1. The van der Waals surface area contributed by atoms with Crippen molar-refractivity contribution in [2.45, 2.75) is 33.1 Å². The van der Waals surface area contributed by atoms with Crippen LogP contribution in [-0.4, -0.2) is 48.2 Å². The average Bonchev–Trinajstić information content (AvgIpc) is 2.25. The van der Waals surface area contributed by atoms with Gasteiger partial charge in [-0.2, -0.15) is 0 Å². The molecule has 0 aromatic rings. The largest absolute Gasteiger partial charge is 0.480 e. The Kier molecular flexibility index (Phi) is 8.52. The third-order valence-corrected chi connectivity index (χ3v) is 2.18. The molecular weight excluding hydrogens is 210 g/mol. The average molecular weight is 231 g/mol. The number of hydrogen-bond donors (Lipinski definition) is 1. The zero-order valence-corrected chi connectivity index (χ0v) is 10.1. The van der Waals surface area contributed by atoms with E-state index in [9.17, 15) is 9.59 Å². The Morgan fingerprint density at radius 1 is 1.25 bits per heavy atom. The number of carboxylic acid groups (broad SMARTS) is 1. The van der Waals surface area contributed by atoms with Crippen molar-refractivity contribution in [3.05, 3.63) is 0 Å². The van der Waals surface area contributed by atoms with Gasteiger partial charge in [-0.05, 0) is 13.3 Å². The lowest BCUT2D eigenvalue weighted by molar-refractivity contribution is -0.146. The van der Waals surface area contributed by atoms with E-state index in [0.29, 0.717) is 13.2 Å². The number of hydrogen-bond acceptors (Lipinski definition) is 3. The predicted molar refractivity (Wildman–Crippen MR) is 60.2 cm³/mol. The van der Waals surface area contributed by atoms with Gasteiger partial charge in [0.05, 0.1) is 0 Å². The van der Waals surface area contributed by atoms with Crippen LogP contribution in [0.4, 0.5) is 0 Å². The summed E-state index contributed by atoms with van der Waals surface area (Å²) in [6.45, 7) is 4.51. The first-order valence-electron chi connectivity index (χ1n) is 5.69. The van der Waals surface area contributed by atoms with Crippen LogP contribution >= 0.6 is 0 Å². The molecule has 0 saturated carbocycles. The van der Waals surface area contributed by atoms with E-state index in [1.54, 1.807) is 6.92 Å². The molecular formula is C11H21NO4. The molecule has 0 fully saturated rings. The molecule has 0 aliphatic heterocycles. The van der Waals surface area contributed by atoms with E-state index in [-0.39, 0.29) is 19.1 Å². The van der Waals surface area contributed by atoms with Crippen molar-refractivity contribution < 1.29 is 19.4 Å². The van der Waals surface area contributed by atoms with Gasteiger partial charge in [-0.3, -0.25) is 9.59 Å². The first kappa shape index (κ1) is 14.9. The lowest BCUT2D eigenvalue weighted by atomic mass is 10.3. The lowest BCUT2D eigenvalue weighted by Gasteiger charge is -2.18. The number of amides is 1. The molecule has 0 aromatic heterocycles. The first-order chi connectivity index (χ1) is 7.61. The molecule has 16 heavy (non-hydrogen) atoms. The van der Waals surface area contributed by atoms with E-state index in [2.05, 4.69) is 6.92 Å². The van der Waals surface area contributed by atoms with Crippen LogP contribution in [-0.2, 0) is 14.3 Å². The molecule has 0 atom stereocenters. The molecule has 0 saturated heterocycles. The summed E-state index contributed by atoms with van der Waals surface area (Å²) < 4.78 is 5.18. The highest BCUT2D eigenvalue weighted by Gasteiger charge is 2.14. The normalized spacial score (nSPS) is 10.1. The van der Waals surface area contributed by atoms with Gasteiger partial charge in [-0.15, -0.1) is 0 Å². The van der Waals surface area contributed by atoms with Crippen LogP contribution in [0.15, 0.2) is 0 Å². The molecule has 0 heterocycles. The summed E-state index contributed by atoms with van der Waals surface area (Å²) in [5.41, 5.74) is 0. The molecule has 0 radical (unpaired) electrons. The van der Waals surface area contributed by atoms with E-state index in [1.165, 1.54) is 4.90 Å². The first-order valence-corrected chi connectivity index (χ1v) is 5.69. The van der Waals surface area contributed by atoms with Crippen LogP contribution in [0.25, 0.3) is 0 Å². The summed E-state index contributed by atoms with van der Waals surface area (Å²) in [4.78, 5) is 23.2. The van der Waals surface area contributed by atoms with Gasteiger partial charge < -0.3 is 14.7 Å². The van der Waals surface area contributed by atoms with Crippen LogP contribution in [0.2, 0.25) is 0 Å². The molecule has 0 aromatic carbocycles. The molecule has 5 heteroatoms. The van der Waals surface area contributed by atoms with Gasteiger partial charge in [-0.1, -0.05) is 19.8 Å². The topological polar surface area (TPSA) is 66.8 Å². The van der Waals surface area contributed by atoms with E-state index in [4.69, 9.17) is 9.84 Å². The highest BCUT2D eigenvalue weighted by Crippen LogP contribution is 1.96. The Hall–Kier alpha value is -1.10. The fourth-order valence-corrected chi connectivity index (χ4v) is 1.24. The second-order valence-corrected chi connectivity index (χ2v) is 3.56. The maximum Gasteiger partial charge on any atom is 0.323 e. The van der Waals surface area contributed by atoms with Crippen molar-refractivity contribution in [1.82, 2.24) is 4.90 Å². The van der Waals surface area contributed by atoms with Crippen molar-refractivity contribution in [3.63, 3.8) is 0 Å². The number of likely N-dealkylation sites (N-methyl/N-ethyl adjacent to an activating group) is 1. The summed E-state index contributed by atoms with van der Waals surface area (Å²) in [5.74, 6) is -1.26. The molecule has 0 rings (SSSR count). The monoisotopic (exact) mass is 231 g/mol. The van der Waals surface area contributed by atoms with Crippen molar-refractivity contribution in [1.29, 1.82) is 0 Å². The minimum Gasteiger partial charge on any atom is -0.480 e. The van der Waals surface area contributed by atoms with Crippen LogP contribution < -0.4 is 0 Å². The Morgan fingerprint density at radius 3 is 2.44 bits per heavy atom.